The van der Waals surface area contributed by atoms with Crippen LogP contribution in [0.3, 0.4) is 0 Å². The lowest BCUT2D eigenvalue weighted by molar-refractivity contribution is -0.140. The smallest absolute Gasteiger partial charge is 0.333 e. The fraction of sp³-hybridized carbons (Fsp3) is 0.229. The molecule has 0 radical (unpaired) electrons. The van der Waals surface area contributed by atoms with Crippen LogP contribution in [0.15, 0.2) is 97.1 Å². The average molecular weight is 523 g/mol. The molecule has 4 rings (SSSR count). The number of aryl methyl sites for hydroxylation is 1. The molecule has 0 aromatic heterocycles. The van der Waals surface area contributed by atoms with E-state index in [0.29, 0.717) is 16.7 Å². The van der Waals surface area contributed by atoms with Gasteiger partial charge in [-0.25, -0.2) is 9.18 Å². The van der Waals surface area contributed by atoms with Crippen molar-refractivity contribution in [1.82, 2.24) is 0 Å². The van der Waals surface area contributed by atoms with E-state index in [1.165, 1.54) is 24.8 Å². The lowest BCUT2D eigenvalue weighted by Gasteiger charge is -2.14. The molecule has 0 aliphatic carbocycles. The zero-order valence-corrected chi connectivity index (χ0v) is 22.7. The molecule has 0 heterocycles. The first-order valence-electron chi connectivity index (χ1n) is 13.4. The summed E-state index contributed by atoms with van der Waals surface area (Å²) in [5, 5.41) is 9.38. The van der Waals surface area contributed by atoms with Crippen LogP contribution < -0.4 is 0 Å². The Balaban J connectivity index is 1.63. The molecule has 39 heavy (non-hydrogen) atoms. The summed E-state index contributed by atoms with van der Waals surface area (Å²) in [7, 11) is 0. The third-order valence-corrected chi connectivity index (χ3v) is 6.90. The minimum absolute atomic E-state index is 0.0287. The van der Waals surface area contributed by atoms with Crippen molar-refractivity contribution >= 4 is 5.97 Å². The Morgan fingerprint density at radius 2 is 1.41 bits per heavy atom. The van der Waals surface area contributed by atoms with Crippen LogP contribution in [-0.2, 0) is 29.2 Å². The molecule has 0 saturated carbocycles. The molecule has 0 bridgehead atoms. The number of aliphatic hydroxyl groups is 1. The molecule has 0 aliphatic heterocycles. The molecule has 0 saturated heterocycles. The maximum atomic E-state index is 15.4. The van der Waals surface area contributed by atoms with E-state index < -0.39 is 5.97 Å². The van der Waals surface area contributed by atoms with Crippen molar-refractivity contribution in [2.75, 3.05) is 0 Å². The number of hydrogen-bond donors (Lipinski definition) is 1. The second kappa shape index (κ2) is 13.2. The van der Waals surface area contributed by atoms with Crippen molar-refractivity contribution in [3.05, 3.63) is 120 Å². The van der Waals surface area contributed by atoms with Crippen LogP contribution in [0.5, 0.6) is 0 Å². The maximum Gasteiger partial charge on any atom is 0.333 e. The molecule has 3 nitrogen and oxygen atoms in total. The van der Waals surface area contributed by atoms with Crippen LogP contribution in [0, 0.1) is 5.82 Å². The van der Waals surface area contributed by atoms with Gasteiger partial charge in [0.2, 0.25) is 0 Å². The Labute approximate surface area is 230 Å². The zero-order valence-electron chi connectivity index (χ0n) is 22.7. The van der Waals surface area contributed by atoms with E-state index >= 15 is 4.39 Å². The molecule has 4 aromatic carbocycles. The van der Waals surface area contributed by atoms with Crippen LogP contribution in [0.1, 0.15) is 49.8 Å². The number of hydrogen-bond acceptors (Lipinski definition) is 3. The predicted octanol–water partition coefficient (Wildman–Crippen LogP) is 8.67. The Morgan fingerprint density at radius 1 is 0.795 bits per heavy atom. The molecule has 4 heteroatoms. The summed E-state index contributed by atoms with van der Waals surface area (Å²) in [5.74, 6) is -0.793. The maximum absolute atomic E-state index is 15.4. The summed E-state index contributed by atoms with van der Waals surface area (Å²) in [6, 6.07) is 26.9. The molecule has 200 valence electrons. The van der Waals surface area contributed by atoms with Crippen molar-refractivity contribution in [2.45, 2.75) is 52.7 Å². The van der Waals surface area contributed by atoms with E-state index in [-0.39, 0.29) is 19.0 Å². The molecule has 0 atom stereocenters. The van der Waals surface area contributed by atoms with Crippen molar-refractivity contribution in [1.29, 1.82) is 0 Å². The van der Waals surface area contributed by atoms with E-state index in [9.17, 15) is 9.90 Å². The third kappa shape index (κ3) is 7.10. The van der Waals surface area contributed by atoms with E-state index in [0.717, 1.165) is 39.8 Å². The zero-order chi connectivity index (χ0) is 27.8. The Kier molecular flexibility index (Phi) is 9.45. The first-order chi connectivity index (χ1) is 18.9. The molecule has 0 unspecified atom stereocenters. The first kappa shape index (κ1) is 28.0. The van der Waals surface area contributed by atoms with Gasteiger partial charge in [-0.2, -0.15) is 0 Å². The third-order valence-electron chi connectivity index (χ3n) is 6.90. The van der Waals surface area contributed by atoms with Crippen LogP contribution >= 0.6 is 0 Å². The summed E-state index contributed by atoms with van der Waals surface area (Å²) in [6.07, 6.45) is 4.67. The van der Waals surface area contributed by atoms with Gasteiger partial charge in [-0.3, -0.25) is 0 Å². The largest absolute Gasteiger partial charge is 0.457 e. The average Bonchev–Trinajstić information content (AvgIpc) is 2.96. The molecule has 0 fully saturated rings. The van der Waals surface area contributed by atoms with E-state index in [1.807, 2.05) is 48.5 Å². The summed E-state index contributed by atoms with van der Waals surface area (Å²) in [4.78, 5) is 12.1. The van der Waals surface area contributed by atoms with Crippen LogP contribution in [-0.4, -0.2) is 11.1 Å². The Morgan fingerprint density at radius 3 is 2.05 bits per heavy atom. The van der Waals surface area contributed by atoms with Gasteiger partial charge in [0.1, 0.15) is 12.4 Å². The fourth-order valence-electron chi connectivity index (χ4n) is 4.59. The number of esters is 1. The lowest BCUT2D eigenvalue weighted by atomic mass is 9.93. The number of carbonyl (C=O) groups is 1. The SMILES string of the molecule is C=C(C)C(=O)OCc1cc(-c2ccc(-c3ccc(CCCCC)cc3)cc2F)ccc1-c1ccc(CO)cc1. The van der Waals surface area contributed by atoms with Gasteiger partial charge in [-0.1, -0.05) is 99.1 Å². The molecular formula is C35H35FO3. The van der Waals surface area contributed by atoms with Crippen molar-refractivity contribution in [3.8, 4) is 33.4 Å². The summed E-state index contributed by atoms with van der Waals surface area (Å²) in [6.45, 7) is 7.44. The van der Waals surface area contributed by atoms with Crippen molar-refractivity contribution < 1.29 is 19.0 Å². The number of rotatable bonds is 11. The van der Waals surface area contributed by atoms with Gasteiger partial charge < -0.3 is 9.84 Å². The molecule has 0 spiro atoms. The number of ether oxygens (including phenoxy) is 1. The van der Waals surface area contributed by atoms with E-state index in [4.69, 9.17) is 4.74 Å². The van der Waals surface area contributed by atoms with Crippen LogP contribution in [0.25, 0.3) is 33.4 Å². The van der Waals surface area contributed by atoms with Gasteiger partial charge in [-0.15, -0.1) is 0 Å². The van der Waals surface area contributed by atoms with Gasteiger partial charge in [0.25, 0.3) is 0 Å². The minimum Gasteiger partial charge on any atom is -0.457 e. The normalized spacial score (nSPS) is 10.9. The minimum atomic E-state index is -0.478. The Bertz CT molecular complexity index is 1440. The van der Waals surface area contributed by atoms with Gasteiger partial charge in [0.05, 0.1) is 6.61 Å². The highest BCUT2D eigenvalue weighted by Gasteiger charge is 2.14. The summed E-state index contributed by atoms with van der Waals surface area (Å²) < 4.78 is 20.9. The summed E-state index contributed by atoms with van der Waals surface area (Å²) in [5.41, 5.74) is 7.93. The van der Waals surface area contributed by atoms with Crippen LogP contribution in [0.2, 0.25) is 0 Å². The Hall–Kier alpha value is -4.02. The molecule has 0 aliphatic rings. The van der Waals surface area contributed by atoms with E-state index in [1.54, 1.807) is 19.1 Å². The summed E-state index contributed by atoms with van der Waals surface area (Å²) >= 11 is 0. The second-order valence-corrected chi connectivity index (χ2v) is 9.93. The quantitative estimate of drug-likeness (QED) is 0.122. The number of benzene rings is 4. The monoisotopic (exact) mass is 522 g/mol. The number of unbranched alkanes of at least 4 members (excludes halogenated alkanes) is 2. The number of carbonyl (C=O) groups excluding carboxylic acids is 1. The fourth-order valence-corrected chi connectivity index (χ4v) is 4.59. The lowest BCUT2D eigenvalue weighted by Crippen LogP contribution is -2.06. The predicted molar refractivity (Wildman–Crippen MR) is 156 cm³/mol. The van der Waals surface area contributed by atoms with Gasteiger partial charge in [-0.05, 0) is 76.4 Å². The van der Waals surface area contributed by atoms with Gasteiger partial charge >= 0.3 is 5.97 Å². The molecule has 4 aromatic rings. The number of halogens is 1. The second-order valence-electron chi connectivity index (χ2n) is 9.93. The highest BCUT2D eigenvalue weighted by molar-refractivity contribution is 5.87. The molecule has 0 amide bonds. The molecule has 1 N–H and O–H groups in total. The highest BCUT2D eigenvalue weighted by Crippen LogP contribution is 2.33. The van der Waals surface area contributed by atoms with Crippen molar-refractivity contribution in [3.63, 3.8) is 0 Å². The van der Waals surface area contributed by atoms with Crippen molar-refractivity contribution in [2.24, 2.45) is 0 Å². The first-order valence-corrected chi connectivity index (χ1v) is 13.4. The topological polar surface area (TPSA) is 46.5 Å². The number of aliphatic hydroxyl groups excluding tert-OH is 1. The van der Waals surface area contributed by atoms with Gasteiger partial charge in [0.15, 0.2) is 0 Å². The molecular weight excluding hydrogens is 487 g/mol. The standard InChI is InChI=1S/C35H35FO3/c1-4-5-6-7-25-8-12-27(13-9-25)29-16-19-33(34(36)21-29)30-17-18-32(28-14-10-26(22-37)11-15-28)31(20-30)23-39-35(38)24(2)3/h8-21,37H,2,4-7,22-23H2,1,3H3. The van der Waals surface area contributed by atoms with Gasteiger partial charge in [0, 0.05) is 11.1 Å². The van der Waals surface area contributed by atoms with E-state index in [2.05, 4.69) is 37.8 Å². The van der Waals surface area contributed by atoms with Crippen LogP contribution in [0.4, 0.5) is 4.39 Å². The highest BCUT2D eigenvalue weighted by atomic mass is 19.1.